The summed E-state index contributed by atoms with van der Waals surface area (Å²) in [6, 6.07) is 11.0. The quantitative estimate of drug-likeness (QED) is 0.804. The Bertz CT molecular complexity index is 329. The molecule has 3 N–H and O–H groups in total. The molecule has 0 unspecified atom stereocenters. The molecule has 1 heterocycles. The van der Waals surface area contributed by atoms with E-state index in [-0.39, 0.29) is 12.6 Å². The van der Waals surface area contributed by atoms with Gasteiger partial charge in [-0.15, -0.1) is 0 Å². The molecule has 2 rings (SSSR count). The van der Waals surface area contributed by atoms with Gasteiger partial charge >= 0.3 is 0 Å². The second-order valence-corrected chi connectivity index (χ2v) is 4.73. The summed E-state index contributed by atoms with van der Waals surface area (Å²) in [5.41, 5.74) is 7.18. The first kappa shape index (κ1) is 12.6. The Labute approximate surface area is 103 Å². The van der Waals surface area contributed by atoms with Gasteiger partial charge in [0.05, 0.1) is 6.61 Å². The second-order valence-electron chi connectivity index (χ2n) is 4.73. The molecule has 0 radical (unpaired) electrons. The molecule has 0 aliphatic carbocycles. The fourth-order valence-electron chi connectivity index (χ4n) is 3.02. The summed E-state index contributed by atoms with van der Waals surface area (Å²) in [6.07, 6.45) is 1.11. The lowest BCUT2D eigenvalue weighted by Crippen LogP contribution is -2.66. The first-order valence-corrected chi connectivity index (χ1v) is 6.45. The molecule has 1 saturated heterocycles. The van der Waals surface area contributed by atoms with Crippen LogP contribution in [-0.2, 0) is 0 Å². The highest BCUT2D eigenvalue weighted by atomic mass is 16.3. The zero-order chi connectivity index (χ0) is 12.3. The predicted molar refractivity (Wildman–Crippen MR) is 69.9 cm³/mol. The van der Waals surface area contributed by atoms with Crippen LogP contribution in [0.25, 0.3) is 0 Å². The number of nitrogens with zero attached hydrogens (tertiary/aromatic N) is 1. The highest BCUT2D eigenvalue weighted by molar-refractivity contribution is 5.28. The lowest BCUT2D eigenvalue weighted by atomic mass is 9.75. The molecule has 0 aromatic heterocycles. The number of hydrogen-bond donors (Lipinski definition) is 2. The van der Waals surface area contributed by atoms with Crippen LogP contribution in [0.4, 0.5) is 0 Å². The number of rotatable bonds is 5. The molecule has 3 heteroatoms. The van der Waals surface area contributed by atoms with Crippen molar-refractivity contribution in [2.24, 2.45) is 5.73 Å². The first-order valence-electron chi connectivity index (χ1n) is 6.45. The predicted octanol–water partition coefficient (Wildman–Crippen LogP) is 1.18. The Morgan fingerprint density at radius 2 is 1.94 bits per heavy atom. The molecule has 0 bridgehead atoms. The van der Waals surface area contributed by atoms with Crippen molar-refractivity contribution in [2.75, 3.05) is 19.7 Å². The molecule has 3 nitrogen and oxygen atoms in total. The molecule has 17 heavy (non-hydrogen) atoms. The van der Waals surface area contributed by atoms with Gasteiger partial charge in [0, 0.05) is 24.5 Å². The molecular formula is C14H22N2O. The Morgan fingerprint density at radius 3 is 2.47 bits per heavy atom. The molecule has 1 aliphatic heterocycles. The van der Waals surface area contributed by atoms with Gasteiger partial charge in [0.15, 0.2) is 0 Å². The lowest BCUT2D eigenvalue weighted by molar-refractivity contribution is -0.0384. The number of likely N-dealkylation sites (tertiary alicyclic amines) is 1. The Morgan fingerprint density at radius 1 is 1.24 bits per heavy atom. The van der Waals surface area contributed by atoms with Crippen LogP contribution < -0.4 is 5.73 Å². The molecule has 94 valence electrons. The third kappa shape index (κ3) is 2.23. The molecule has 0 amide bonds. The summed E-state index contributed by atoms with van der Waals surface area (Å²) in [4.78, 5) is 2.34. The number of benzene rings is 1. The van der Waals surface area contributed by atoms with Gasteiger partial charge in [-0.05, 0) is 18.5 Å². The van der Waals surface area contributed by atoms with Crippen LogP contribution in [0.15, 0.2) is 30.3 Å². The van der Waals surface area contributed by atoms with Crippen molar-refractivity contribution in [1.82, 2.24) is 4.90 Å². The summed E-state index contributed by atoms with van der Waals surface area (Å²) < 4.78 is 0. The van der Waals surface area contributed by atoms with Gasteiger partial charge in [-0.2, -0.15) is 0 Å². The van der Waals surface area contributed by atoms with E-state index in [1.165, 1.54) is 5.56 Å². The second kappa shape index (κ2) is 5.63. The average Bonchev–Trinajstić information content (AvgIpc) is 2.36. The fraction of sp³-hybridized carbons (Fsp3) is 0.571. The first-order chi connectivity index (χ1) is 8.33. The maximum atomic E-state index is 9.55. The summed E-state index contributed by atoms with van der Waals surface area (Å²) in [5, 5.41) is 9.55. The summed E-state index contributed by atoms with van der Waals surface area (Å²) in [7, 11) is 0. The third-order valence-electron chi connectivity index (χ3n) is 3.78. The average molecular weight is 234 g/mol. The number of aliphatic hydroxyl groups is 1. The van der Waals surface area contributed by atoms with Crippen molar-refractivity contribution >= 4 is 0 Å². The van der Waals surface area contributed by atoms with Gasteiger partial charge in [0.2, 0.25) is 0 Å². The maximum absolute atomic E-state index is 9.55. The van der Waals surface area contributed by atoms with Gasteiger partial charge < -0.3 is 10.8 Å². The molecule has 1 aromatic rings. The van der Waals surface area contributed by atoms with Crippen LogP contribution in [0.5, 0.6) is 0 Å². The molecule has 1 aromatic carbocycles. The fourth-order valence-corrected chi connectivity index (χ4v) is 3.02. The normalized spacial score (nSPS) is 29.0. The van der Waals surface area contributed by atoms with E-state index in [0.29, 0.717) is 18.5 Å². The van der Waals surface area contributed by atoms with Gasteiger partial charge in [0.1, 0.15) is 0 Å². The summed E-state index contributed by atoms with van der Waals surface area (Å²) in [6.45, 7) is 4.07. The monoisotopic (exact) mass is 234 g/mol. The van der Waals surface area contributed by atoms with E-state index in [1.807, 2.05) is 6.07 Å². The van der Waals surface area contributed by atoms with E-state index < -0.39 is 0 Å². The highest BCUT2D eigenvalue weighted by Gasteiger charge is 2.46. The topological polar surface area (TPSA) is 49.5 Å². The minimum Gasteiger partial charge on any atom is -0.395 e. The summed E-state index contributed by atoms with van der Waals surface area (Å²) >= 11 is 0. The number of hydrogen-bond acceptors (Lipinski definition) is 3. The number of nitrogens with two attached hydrogens (primary N) is 1. The highest BCUT2D eigenvalue weighted by Crippen LogP contribution is 2.39. The Hall–Kier alpha value is -0.900. The Kier molecular flexibility index (Phi) is 4.15. The van der Waals surface area contributed by atoms with Crippen molar-refractivity contribution in [3.63, 3.8) is 0 Å². The van der Waals surface area contributed by atoms with Crippen LogP contribution in [0, 0.1) is 0 Å². The van der Waals surface area contributed by atoms with E-state index in [9.17, 15) is 5.11 Å². The minimum atomic E-state index is 0.218. The minimum absolute atomic E-state index is 0.218. The maximum Gasteiger partial charge on any atom is 0.0593 e. The van der Waals surface area contributed by atoms with E-state index in [1.54, 1.807) is 0 Å². The van der Waals surface area contributed by atoms with Gasteiger partial charge in [-0.1, -0.05) is 37.3 Å². The van der Waals surface area contributed by atoms with E-state index in [0.717, 1.165) is 13.0 Å². The number of aliphatic hydroxyl groups excluding tert-OH is 1. The van der Waals surface area contributed by atoms with Crippen molar-refractivity contribution in [3.05, 3.63) is 35.9 Å². The van der Waals surface area contributed by atoms with E-state index in [4.69, 9.17) is 5.73 Å². The lowest BCUT2D eigenvalue weighted by Gasteiger charge is -2.55. The van der Waals surface area contributed by atoms with Crippen molar-refractivity contribution in [1.29, 1.82) is 0 Å². The van der Waals surface area contributed by atoms with Crippen LogP contribution >= 0.6 is 0 Å². The van der Waals surface area contributed by atoms with Crippen molar-refractivity contribution in [2.45, 2.75) is 31.3 Å². The third-order valence-corrected chi connectivity index (χ3v) is 3.78. The van der Waals surface area contributed by atoms with Crippen LogP contribution in [-0.4, -0.2) is 41.8 Å². The largest absolute Gasteiger partial charge is 0.395 e. The van der Waals surface area contributed by atoms with Crippen molar-refractivity contribution < 1.29 is 5.11 Å². The molecular weight excluding hydrogens is 212 g/mol. The van der Waals surface area contributed by atoms with E-state index >= 15 is 0 Å². The van der Waals surface area contributed by atoms with E-state index in [2.05, 4.69) is 36.1 Å². The SMILES string of the molecule is CCCN1[C@H](CO)[C@H](c2ccccc2)[C@@H]1CN. The zero-order valence-electron chi connectivity index (χ0n) is 10.4. The Balaban J connectivity index is 2.16. The van der Waals surface area contributed by atoms with Crippen LogP contribution in [0.2, 0.25) is 0 Å². The van der Waals surface area contributed by atoms with Crippen molar-refractivity contribution in [3.8, 4) is 0 Å². The van der Waals surface area contributed by atoms with Gasteiger partial charge in [0.25, 0.3) is 0 Å². The standard InChI is InChI=1S/C14H22N2O/c1-2-8-16-12(9-15)14(13(16)10-17)11-6-4-3-5-7-11/h3-7,12-14,17H,2,8-10,15H2,1H3/t12-,13+,14+/m0/s1. The molecule has 0 saturated carbocycles. The van der Waals surface area contributed by atoms with Gasteiger partial charge in [-0.25, -0.2) is 0 Å². The molecule has 3 atom stereocenters. The van der Waals surface area contributed by atoms with Gasteiger partial charge in [-0.3, -0.25) is 4.90 Å². The van der Waals surface area contributed by atoms with Crippen LogP contribution in [0.3, 0.4) is 0 Å². The zero-order valence-corrected chi connectivity index (χ0v) is 10.4. The molecule has 0 spiro atoms. The molecule has 1 aliphatic rings. The smallest absolute Gasteiger partial charge is 0.0593 e. The van der Waals surface area contributed by atoms with Crippen LogP contribution in [0.1, 0.15) is 24.8 Å². The molecule has 1 fully saturated rings. The summed E-state index contributed by atoms with van der Waals surface area (Å²) in [5.74, 6) is 0.387.